The molecule has 4 rings (SSSR count). The molecule has 1 atom stereocenters. The first-order chi connectivity index (χ1) is 14.1. The lowest BCUT2D eigenvalue weighted by Gasteiger charge is -2.29. The van der Waals surface area contributed by atoms with Crippen LogP contribution in [0.5, 0.6) is 0 Å². The minimum absolute atomic E-state index is 0.103. The molecule has 158 valence electrons. The summed E-state index contributed by atoms with van der Waals surface area (Å²) in [5.41, 5.74) is 5.80. The number of aryl methyl sites for hydroxylation is 1. The van der Waals surface area contributed by atoms with E-state index in [1.165, 1.54) is 27.8 Å². The number of fused-ring (bicyclic) bond motifs is 2. The molecule has 0 radical (unpaired) electrons. The van der Waals surface area contributed by atoms with E-state index in [9.17, 15) is 19.2 Å². The normalized spacial score (nSPS) is 19.6. The Hall–Kier alpha value is -2.74. The van der Waals surface area contributed by atoms with Crippen LogP contribution in [0.1, 0.15) is 80.1 Å². The van der Waals surface area contributed by atoms with E-state index in [-0.39, 0.29) is 16.8 Å². The van der Waals surface area contributed by atoms with Gasteiger partial charge in [-0.1, -0.05) is 20.8 Å². The third-order valence-corrected chi connectivity index (χ3v) is 7.04. The number of hydrazine groups is 1. The second-order valence-electron chi connectivity index (χ2n) is 9.16. The number of hydrogen-bond acceptors (Lipinski definition) is 5. The number of aromatic nitrogens is 1. The van der Waals surface area contributed by atoms with Crippen molar-refractivity contribution in [2.24, 2.45) is 11.3 Å². The molecule has 0 spiro atoms. The summed E-state index contributed by atoms with van der Waals surface area (Å²) in [6.45, 7) is 6.12. The van der Waals surface area contributed by atoms with Crippen LogP contribution in [0.25, 0.3) is 0 Å². The first kappa shape index (κ1) is 20.5. The highest BCUT2D eigenvalue weighted by molar-refractivity contribution is 7.14. The zero-order chi connectivity index (χ0) is 21.6. The first-order valence-electron chi connectivity index (χ1n) is 10.1. The van der Waals surface area contributed by atoms with Gasteiger partial charge in [0, 0.05) is 22.6 Å². The van der Waals surface area contributed by atoms with E-state index >= 15 is 0 Å². The molecular weight excluding hydrogens is 402 g/mol. The highest BCUT2D eigenvalue weighted by Crippen LogP contribution is 2.33. The van der Waals surface area contributed by atoms with Crippen molar-refractivity contribution in [2.45, 2.75) is 52.9 Å². The second kappa shape index (κ2) is 7.50. The van der Waals surface area contributed by atoms with Gasteiger partial charge < -0.3 is 4.98 Å². The first-order valence-corrected chi connectivity index (χ1v) is 11.0. The summed E-state index contributed by atoms with van der Waals surface area (Å²) < 4.78 is 0. The molecule has 0 saturated heterocycles. The van der Waals surface area contributed by atoms with Crippen LogP contribution < -0.4 is 16.4 Å². The molecular formula is C22H25N3O4S. The van der Waals surface area contributed by atoms with Gasteiger partial charge in [0.15, 0.2) is 5.78 Å². The van der Waals surface area contributed by atoms with Gasteiger partial charge in [-0.2, -0.15) is 0 Å². The number of thiophene rings is 1. The summed E-state index contributed by atoms with van der Waals surface area (Å²) in [4.78, 5) is 54.2. The van der Waals surface area contributed by atoms with Crippen molar-refractivity contribution in [3.8, 4) is 0 Å². The Balaban J connectivity index is 1.47. The van der Waals surface area contributed by atoms with Gasteiger partial charge in [0.25, 0.3) is 17.4 Å². The molecule has 2 aromatic rings. The number of amides is 2. The van der Waals surface area contributed by atoms with Crippen molar-refractivity contribution in [3.05, 3.63) is 54.6 Å². The summed E-state index contributed by atoms with van der Waals surface area (Å²) in [5.74, 6) is -0.664. The van der Waals surface area contributed by atoms with Crippen LogP contribution in [0.2, 0.25) is 0 Å². The molecule has 2 aliphatic carbocycles. The van der Waals surface area contributed by atoms with Gasteiger partial charge in [-0.15, -0.1) is 11.3 Å². The van der Waals surface area contributed by atoms with Crippen LogP contribution >= 0.6 is 11.3 Å². The van der Waals surface area contributed by atoms with Crippen LogP contribution in [-0.4, -0.2) is 22.6 Å². The van der Waals surface area contributed by atoms with Gasteiger partial charge in [0.05, 0.1) is 4.88 Å². The minimum atomic E-state index is -0.750. The topological polar surface area (TPSA) is 108 Å². The van der Waals surface area contributed by atoms with E-state index in [1.807, 2.05) is 19.9 Å². The van der Waals surface area contributed by atoms with E-state index in [1.54, 1.807) is 0 Å². The molecule has 8 heteroatoms. The fourth-order valence-electron chi connectivity index (χ4n) is 4.26. The maximum atomic E-state index is 12.5. The van der Waals surface area contributed by atoms with Crippen molar-refractivity contribution in [1.82, 2.24) is 15.8 Å². The van der Waals surface area contributed by atoms with Crippen LogP contribution in [0, 0.1) is 11.3 Å². The molecule has 0 saturated carbocycles. The van der Waals surface area contributed by atoms with Gasteiger partial charge in [0.2, 0.25) is 0 Å². The number of carbonyl (C=O) groups is 3. The predicted molar refractivity (Wildman–Crippen MR) is 114 cm³/mol. The molecule has 7 nitrogen and oxygen atoms in total. The van der Waals surface area contributed by atoms with E-state index in [0.717, 1.165) is 19.3 Å². The molecule has 0 bridgehead atoms. The summed E-state index contributed by atoms with van der Waals surface area (Å²) in [5, 5.41) is 0. The number of aromatic amines is 1. The Morgan fingerprint density at radius 3 is 2.63 bits per heavy atom. The third-order valence-electron chi connectivity index (χ3n) is 5.80. The number of hydrogen-bond donors (Lipinski definition) is 3. The van der Waals surface area contributed by atoms with Gasteiger partial charge in [-0.25, -0.2) is 0 Å². The summed E-state index contributed by atoms with van der Waals surface area (Å²) in [6, 6.07) is 3.21. The molecule has 0 aromatic carbocycles. The molecule has 2 amide bonds. The molecule has 3 N–H and O–H groups in total. The van der Waals surface area contributed by atoms with E-state index in [2.05, 4.69) is 22.8 Å². The average Bonchev–Trinajstić information content (AvgIpc) is 3.07. The van der Waals surface area contributed by atoms with E-state index in [0.29, 0.717) is 34.9 Å². The number of nitrogens with one attached hydrogen (secondary N) is 3. The van der Waals surface area contributed by atoms with Crippen molar-refractivity contribution in [2.75, 3.05) is 0 Å². The lowest BCUT2D eigenvalue weighted by molar-refractivity contribution is 0.0847. The molecule has 2 heterocycles. The van der Waals surface area contributed by atoms with E-state index < -0.39 is 17.4 Å². The quantitative estimate of drug-likeness (QED) is 0.641. The second-order valence-corrected chi connectivity index (χ2v) is 10.3. The molecule has 0 aliphatic heterocycles. The zero-order valence-corrected chi connectivity index (χ0v) is 18.1. The number of pyridine rings is 1. The Labute approximate surface area is 178 Å². The number of H-pyrrole nitrogens is 1. The Bertz CT molecular complexity index is 1110. The maximum absolute atomic E-state index is 12.5. The van der Waals surface area contributed by atoms with Gasteiger partial charge in [0.1, 0.15) is 5.56 Å². The van der Waals surface area contributed by atoms with Crippen molar-refractivity contribution < 1.29 is 14.4 Å². The summed E-state index contributed by atoms with van der Waals surface area (Å²) >= 11 is 1.44. The van der Waals surface area contributed by atoms with Crippen LogP contribution in [0.4, 0.5) is 0 Å². The van der Waals surface area contributed by atoms with Crippen molar-refractivity contribution in [1.29, 1.82) is 0 Å². The van der Waals surface area contributed by atoms with Crippen molar-refractivity contribution >= 4 is 28.9 Å². The zero-order valence-electron chi connectivity index (χ0n) is 17.3. The smallest absolute Gasteiger partial charge is 0.279 e. The van der Waals surface area contributed by atoms with Crippen molar-refractivity contribution in [3.63, 3.8) is 0 Å². The van der Waals surface area contributed by atoms with Crippen LogP contribution in [0.15, 0.2) is 16.9 Å². The SMILES string of the molecule is CC1CCc2sc(C(=O)NNC(=O)c3cc4c([nH]c3=O)CC(C)(C)CC4=O)cc2C1. The highest BCUT2D eigenvalue weighted by Gasteiger charge is 2.32. The summed E-state index contributed by atoms with van der Waals surface area (Å²) in [7, 11) is 0. The average molecular weight is 428 g/mol. The largest absolute Gasteiger partial charge is 0.325 e. The van der Waals surface area contributed by atoms with Gasteiger partial charge in [-0.3, -0.25) is 30.0 Å². The highest BCUT2D eigenvalue weighted by atomic mass is 32.1. The molecule has 0 fully saturated rings. The Morgan fingerprint density at radius 2 is 1.87 bits per heavy atom. The maximum Gasteiger partial charge on any atom is 0.279 e. The number of ketones is 1. The van der Waals surface area contributed by atoms with Gasteiger partial charge >= 0.3 is 0 Å². The lowest BCUT2D eigenvalue weighted by Crippen LogP contribution is -2.43. The number of carbonyl (C=O) groups excluding carboxylic acids is 3. The number of Topliss-reactive ketones (excluding diaryl/α,β-unsaturated/α-hetero) is 1. The monoisotopic (exact) mass is 427 g/mol. The summed E-state index contributed by atoms with van der Waals surface area (Å²) in [6.07, 6.45) is 3.95. The molecule has 1 unspecified atom stereocenters. The standard InChI is InChI=1S/C22H25N3O4S/c1-11-4-5-17-12(6-11)7-18(30-17)21(29)25-24-20(28)14-8-13-15(23-19(14)27)9-22(2,3)10-16(13)26/h7-8,11H,4-6,9-10H2,1-3H3,(H,23,27)(H,24,28)(H,25,29). The lowest BCUT2D eigenvalue weighted by atomic mass is 9.75. The molecule has 30 heavy (non-hydrogen) atoms. The fourth-order valence-corrected chi connectivity index (χ4v) is 5.36. The van der Waals surface area contributed by atoms with Crippen LogP contribution in [0.3, 0.4) is 0 Å². The Kier molecular flexibility index (Phi) is 5.13. The number of rotatable bonds is 2. The fraction of sp³-hybridized carbons (Fsp3) is 0.455. The van der Waals surface area contributed by atoms with Gasteiger partial charge in [-0.05, 0) is 54.7 Å². The Morgan fingerprint density at radius 1 is 1.13 bits per heavy atom. The molecule has 2 aromatic heterocycles. The predicted octanol–water partition coefficient (Wildman–Crippen LogP) is 2.79. The third kappa shape index (κ3) is 3.96. The molecule has 2 aliphatic rings. The van der Waals surface area contributed by atoms with E-state index in [4.69, 9.17) is 0 Å². The minimum Gasteiger partial charge on any atom is -0.325 e. The van der Waals surface area contributed by atoms with Crippen LogP contribution in [-0.2, 0) is 19.3 Å².